The molecule has 0 radical (unpaired) electrons. The predicted octanol–water partition coefficient (Wildman–Crippen LogP) is 14.0. The maximum Gasteiger partial charge on any atom is 0.100 e. The first-order chi connectivity index (χ1) is 31.2. The van der Waals surface area contributed by atoms with Gasteiger partial charge < -0.3 is 42.4 Å². The van der Waals surface area contributed by atoms with Crippen LogP contribution in [0.15, 0.2) is 0 Å². The average Bonchev–Trinajstić information content (AvgIpc) is 3.29. The predicted molar refractivity (Wildman–Crippen MR) is 287 cm³/mol. The van der Waals surface area contributed by atoms with Gasteiger partial charge in [0.1, 0.15) is 6.10 Å². The van der Waals surface area contributed by atoms with Crippen LogP contribution in [0.3, 0.4) is 0 Å². The molecule has 0 aliphatic heterocycles. The molecule has 7 heteroatoms. The van der Waals surface area contributed by atoms with Crippen molar-refractivity contribution in [1.29, 1.82) is 0 Å². The molecule has 0 atom stereocenters. The van der Waals surface area contributed by atoms with Gasteiger partial charge in [0.05, 0.1) is 40.9 Å². The van der Waals surface area contributed by atoms with E-state index in [1.165, 1.54) is 289 Å². The van der Waals surface area contributed by atoms with Crippen LogP contribution in [0.5, 0.6) is 0 Å². The molecule has 0 aliphatic rings. The van der Waals surface area contributed by atoms with Crippen LogP contribution in [0.4, 0.5) is 0 Å². The van der Waals surface area contributed by atoms with E-state index in [9.17, 15) is 0 Å². The van der Waals surface area contributed by atoms with Gasteiger partial charge in [0.25, 0.3) is 0 Å². The fraction of sp³-hybridized carbons (Fsp3) is 1.00. The van der Waals surface area contributed by atoms with E-state index < -0.39 is 6.10 Å². The summed E-state index contributed by atoms with van der Waals surface area (Å²) < 4.78 is 1.12. The Balaban J connectivity index is -0.000000260. The lowest BCUT2D eigenvalue weighted by atomic mass is 10.0. The molecule has 0 amide bonds. The summed E-state index contributed by atoms with van der Waals surface area (Å²) in [4.78, 5) is 0. The molecule has 400 valence electrons. The van der Waals surface area contributed by atoms with Crippen LogP contribution in [0, 0.1) is 0 Å². The lowest BCUT2D eigenvalue weighted by Gasteiger charge is -2.23. The van der Waals surface area contributed by atoms with E-state index in [0.717, 1.165) is 17.3 Å². The highest BCUT2D eigenvalue weighted by Gasteiger charge is 2.05. The maximum atomic E-state index is 8.67. The van der Waals surface area contributed by atoms with Gasteiger partial charge in [-0.05, 0) is 25.7 Å². The summed E-state index contributed by atoms with van der Waals surface area (Å²) in [6, 6.07) is 0. The van der Waals surface area contributed by atoms with Gasteiger partial charge in [-0.1, -0.05) is 290 Å². The Hall–Kier alpha value is 0.0500. The summed E-state index contributed by atoms with van der Waals surface area (Å²) in [6.07, 6.45) is 63.8. The molecule has 0 saturated carbocycles. The van der Waals surface area contributed by atoms with Crippen molar-refractivity contribution in [2.24, 2.45) is 0 Å². The average molecular weight is 953 g/mol. The molecule has 0 rings (SSSR count). The van der Waals surface area contributed by atoms with Crippen LogP contribution in [-0.4, -0.2) is 90.2 Å². The Kier molecular flexibility index (Phi) is 80.4. The van der Waals surface area contributed by atoms with E-state index >= 15 is 0 Å². The zero-order chi connectivity index (χ0) is 48.1. The fourth-order valence-electron chi connectivity index (χ4n) is 8.16. The van der Waals surface area contributed by atoms with E-state index in [1.54, 1.807) is 0 Å². The van der Waals surface area contributed by atoms with Crippen molar-refractivity contribution in [3.63, 3.8) is 0 Å². The summed E-state index contributed by atoms with van der Waals surface area (Å²) in [6.45, 7) is 8.21. The zero-order valence-electron chi connectivity index (χ0n) is 45.7. The minimum atomic E-state index is -0.954. The Morgan fingerprint density at radius 1 is 0.262 bits per heavy atom. The van der Waals surface area contributed by atoms with Crippen molar-refractivity contribution in [1.82, 2.24) is 0 Å². The van der Waals surface area contributed by atoms with Crippen LogP contribution in [0.1, 0.15) is 316 Å². The lowest BCUT2D eigenvalue weighted by molar-refractivity contribution is -0.870. The number of quaternary nitrogens is 1. The second-order valence-corrected chi connectivity index (χ2v) is 20.7. The number of hydrogen-bond donors (Lipinski definition) is 5. The highest BCUT2D eigenvalue weighted by molar-refractivity contribution is 4.53. The monoisotopic (exact) mass is 952 g/mol. The van der Waals surface area contributed by atoms with Gasteiger partial charge in [-0.15, -0.1) is 0 Å². The topological polar surface area (TPSA) is 101 Å². The highest BCUT2D eigenvalue weighted by atomic mass is 35.5. The molecule has 0 spiro atoms. The van der Waals surface area contributed by atoms with E-state index in [-0.39, 0.29) is 25.6 Å². The molecular formula is C58H126ClNO5. The Bertz CT molecular complexity index is 705. The summed E-state index contributed by atoms with van der Waals surface area (Å²) in [7, 11) is 6.89. The minimum absolute atomic E-state index is 0. The summed E-state index contributed by atoms with van der Waals surface area (Å²) >= 11 is 0. The summed E-state index contributed by atoms with van der Waals surface area (Å²) in [5.41, 5.74) is 0. The number of rotatable bonds is 49. The molecular weight excluding hydrogens is 826 g/mol. The highest BCUT2D eigenvalue weighted by Crippen LogP contribution is 2.16. The Morgan fingerprint density at radius 3 is 0.538 bits per heavy atom. The number of nitrogens with zero attached hydrogens (tertiary/aromatic N) is 1. The van der Waals surface area contributed by atoms with Crippen molar-refractivity contribution in [3.8, 4) is 0 Å². The Labute approximate surface area is 417 Å². The van der Waals surface area contributed by atoms with Crippen LogP contribution in [0.25, 0.3) is 0 Å². The lowest BCUT2D eigenvalue weighted by Crippen LogP contribution is -3.00. The van der Waals surface area contributed by atoms with Crippen LogP contribution in [0.2, 0.25) is 0 Å². The number of aliphatic hydroxyl groups excluding tert-OH is 5. The molecule has 0 bridgehead atoms. The van der Waals surface area contributed by atoms with E-state index in [0.29, 0.717) is 13.2 Å². The smallest absolute Gasteiger partial charge is 0.100 e. The first-order valence-electron chi connectivity index (χ1n) is 29.1. The van der Waals surface area contributed by atoms with Crippen LogP contribution in [-0.2, 0) is 0 Å². The molecule has 0 saturated heterocycles. The molecule has 0 aliphatic carbocycles. The first-order valence-corrected chi connectivity index (χ1v) is 29.1. The molecule has 6 nitrogen and oxygen atoms in total. The third kappa shape index (κ3) is 87.6. The zero-order valence-corrected chi connectivity index (χ0v) is 46.5. The molecule has 65 heavy (non-hydrogen) atoms. The standard InChI is InChI=1S/C21H46N.C18H38O.C16H34O.C3H8O3.ClH/c1-5-6-7-8-9-10-11-12-13-14-15-16-17-18-19-20-21-22(2,3)4;1-2-3-4-5-6-7-8-9-10-11-12-13-14-15-16-17-18-19;1-2-3-4-5-6-7-8-9-10-11-12-13-14-15-16-17;4-1-3(6)2-5;/h5-21H2,1-4H3;19H,2-18H2,1H3;17H,2-16H2,1H3;3-6H,1-2H2;1H/q+1;;;;/p-1. The molecule has 5 N–H and O–H groups in total. The molecule has 0 aromatic rings. The van der Waals surface area contributed by atoms with E-state index in [4.69, 9.17) is 25.5 Å². The van der Waals surface area contributed by atoms with Gasteiger partial charge in [0.15, 0.2) is 0 Å². The number of hydrogen-bond acceptors (Lipinski definition) is 5. The van der Waals surface area contributed by atoms with Gasteiger partial charge in [-0.25, -0.2) is 0 Å². The molecule has 0 fully saturated rings. The molecule has 0 heterocycles. The van der Waals surface area contributed by atoms with Crippen molar-refractivity contribution in [3.05, 3.63) is 0 Å². The molecule has 0 aromatic heterocycles. The summed E-state index contributed by atoms with van der Waals surface area (Å²) in [5, 5.41) is 41.3. The molecule has 0 aromatic carbocycles. The third-order valence-electron chi connectivity index (χ3n) is 12.6. The SMILES string of the molecule is CCCCCCCCCCCCCCCCCCO.CCCCCCCCCCCCCCCCCC[N+](C)(C)C.CCCCCCCCCCCCCCCCO.OCC(O)CO.[Cl-]. The van der Waals surface area contributed by atoms with Crippen molar-refractivity contribution >= 4 is 0 Å². The second kappa shape index (κ2) is 70.6. The van der Waals surface area contributed by atoms with Gasteiger partial charge >= 0.3 is 0 Å². The first kappa shape index (κ1) is 74.0. The number of halogens is 1. The third-order valence-corrected chi connectivity index (χ3v) is 12.6. The van der Waals surface area contributed by atoms with Crippen molar-refractivity contribution < 1.29 is 42.4 Å². The van der Waals surface area contributed by atoms with Gasteiger partial charge in [-0.2, -0.15) is 0 Å². The van der Waals surface area contributed by atoms with Gasteiger partial charge in [0, 0.05) is 13.2 Å². The Morgan fingerprint density at radius 2 is 0.415 bits per heavy atom. The molecule has 0 unspecified atom stereocenters. The fourth-order valence-corrected chi connectivity index (χ4v) is 8.16. The van der Waals surface area contributed by atoms with E-state index in [1.807, 2.05) is 0 Å². The second-order valence-electron chi connectivity index (χ2n) is 20.7. The summed E-state index contributed by atoms with van der Waals surface area (Å²) in [5.74, 6) is 0. The van der Waals surface area contributed by atoms with Gasteiger partial charge in [-0.3, -0.25) is 0 Å². The number of aliphatic hydroxyl groups is 5. The number of unbranched alkanes of at least 4 members (excludes halogenated alkanes) is 43. The maximum absolute atomic E-state index is 8.67. The largest absolute Gasteiger partial charge is 1.00 e. The van der Waals surface area contributed by atoms with Gasteiger partial charge in [0.2, 0.25) is 0 Å². The van der Waals surface area contributed by atoms with Crippen LogP contribution >= 0.6 is 0 Å². The quantitative estimate of drug-likeness (QED) is 0.0309. The minimum Gasteiger partial charge on any atom is -1.00 e. The van der Waals surface area contributed by atoms with Crippen molar-refractivity contribution in [2.45, 2.75) is 322 Å². The van der Waals surface area contributed by atoms with E-state index in [2.05, 4.69) is 41.9 Å². The normalized spacial score (nSPS) is 11.1. The van der Waals surface area contributed by atoms with Crippen LogP contribution < -0.4 is 12.4 Å². The van der Waals surface area contributed by atoms with Crippen molar-refractivity contribution in [2.75, 3.05) is 54.1 Å².